The van der Waals surface area contributed by atoms with Gasteiger partial charge in [0.1, 0.15) is 0 Å². The first-order valence-corrected chi connectivity index (χ1v) is 5.96. The molecule has 0 aliphatic heterocycles. The van der Waals surface area contributed by atoms with E-state index in [4.69, 9.17) is 10.5 Å². The van der Waals surface area contributed by atoms with Gasteiger partial charge in [-0.25, -0.2) is 9.48 Å². The fraction of sp³-hybridized carbons (Fsp3) is 0.727. The highest BCUT2D eigenvalue weighted by molar-refractivity contribution is 5.91. The summed E-state index contributed by atoms with van der Waals surface area (Å²) < 4.78 is 6.57. The van der Waals surface area contributed by atoms with E-state index in [1.54, 1.807) is 18.5 Å². The molecule has 0 saturated carbocycles. The zero-order valence-electron chi connectivity index (χ0n) is 10.6. The quantitative estimate of drug-likeness (QED) is 0.603. The van der Waals surface area contributed by atoms with E-state index in [-0.39, 0.29) is 17.6 Å². The Balaban J connectivity index is 2.66. The van der Waals surface area contributed by atoms with Gasteiger partial charge in [0, 0.05) is 6.54 Å². The molecule has 1 heterocycles. The second-order valence-electron chi connectivity index (χ2n) is 4.21. The zero-order chi connectivity index (χ0) is 12.8. The minimum absolute atomic E-state index is 0.107. The number of hydrogen-bond acceptors (Lipinski definition) is 5. The maximum Gasteiger partial charge on any atom is 0.363 e. The molecule has 0 radical (unpaired) electrons. The molecule has 1 aromatic rings. The average Bonchev–Trinajstić information content (AvgIpc) is 2.60. The molecule has 0 aromatic carbocycles. The van der Waals surface area contributed by atoms with E-state index < -0.39 is 5.97 Å². The van der Waals surface area contributed by atoms with Crippen molar-refractivity contribution in [1.29, 1.82) is 0 Å². The number of carbonyl (C=O) groups excluding carboxylic acids is 1. The standard InChI is InChI=1S/C11H20N4O2/c1-4-5-6-7-15-10(12)9(13-14-15)11(16)17-8(2)3/h8H,4-7,12H2,1-3H3. The highest BCUT2D eigenvalue weighted by Gasteiger charge is 2.19. The van der Waals surface area contributed by atoms with Crippen LogP contribution in [0.25, 0.3) is 0 Å². The summed E-state index contributed by atoms with van der Waals surface area (Å²) in [4.78, 5) is 11.6. The van der Waals surface area contributed by atoms with Crippen LogP contribution in [0, 0.1) is 0 Å². The Hall–Kier alpha value is -1.59. The number of aryl methyl sites for hydroxylation is 1. The minimum Gasteiger partial charge on any atom is -0.458 e. The molecule has 0 aliphatic carbocycles. The van der Waals surface area contributed by atoms with Crippen LogP contribution in [0.3, 0.4) is 0 Å². The molecule has 0 aliphatic rings. The van der Waals surface area contributed by atoms with Crippen LogP contribution in [-0.2, 0) is 11.3 Å². The fourth-order valence-corrected chi connectivity index (χ4v) is 1.41. The number of nitrogens with two attached hydrogens (primary N) is 1. The van der Waals surface area contributed by atoms with Crippen molar-refractivity contribution < 1.29 is 9.53 Å². The number of ether oxygens (including phenoxy) is 1. The van der Waals surface area contributed by atoms with Crippen LogP contribution in [-0.4, -0.2) is 27.1 Å². The Bertz CT molecular complexity index is 374. The highest BCUT2D eigenvalue weighted by Crippen LogP contribution is 2.11. The summed E-state index contributed by atoms with van der Waals surface area (Å²) in [6.45, 7) is 6.36. The normalized spacial score (nSPS) is 10.8. The predicted molar refractivity (Wildman–Crippen MR) is 64.5 cm³/mol. The summed E-state index contributed by atoms with van der Waals surface area (Å²) >= 11 is 0. The lowest BCUT2D eigenvalue weighted by Crippen LogP contribution is -2.14. The maximum absolute atomic E-state index is 11.6. The van der Waals surface area contributed by atoms with Crippen molar-refractivity contribution in [2.45, 2.75) is 52.7 Å². The van der Waals surface area contributed by atoms with E-state index in [9.17, 15) is 4.79 Å². The Morgan fingerprint density at radius 2 is 2.18 bits per heavy atom. The molecule has 1 rings (SSSR count). The Morgan fingerprint density at radius 3 is 2.76 bits per heavy atom. The molecular formula is C11H20N4O2. The van der Waals surface area contributed by atoms with Crippen molar-refractivity contribution in [3.63, 3.8) is 0 Å². The van der Waals surface area contributed by atoms with Crippen molar-refractivity contribution in [2.75, 3.05) is 5.73 Å². The number of aromatic nitrogens is 3. The summed E-state index contributed by atoms with van der Waals surface area (Å²) in [5.74, 6) is -0.231. The lowest BCUT2D eigenvalue weighted by molar-refractivity contribution is 0.0372. The summed E-state index contributed by atoms with van der Waals surface area (Å²) in [5.41, 5.74) is 5.91. The van der Waals surface area contributed by atoms with E-state index in [2.05, 4.69) is 17.2 Å². The lowest BCUT2D eigenvalue weighted by Gasteiger charge is -2.06. The van der Waals surface area contributed by atoms with E-state index in [0.29, 0.717) is 6.54 Å². The van der Waals surface area contributed by atoms with Crippen LogP contribution in [0.15, 0.2) is 0 Å². The molecule has 2 N–H and O–H groups in total. The van der Waals surface area contributed by atoms with E-state index >= 15 is 0 Å². The van der Waals surface area contributed by atoms with Gasteiger partial charge in [-0.2, -0.15) is 0 Å². The third-order valence-electron chi connectivity index (χ3n) is 2.28. The van der Waals surface area contributed by atoms with E-state index in [1.807, 2.05) is 0 Å². The zero-order valence-corrected chi connectivity index (χ0v) is 10.6. The van der Waals surface area contributed by atoms with Crippen molar-refractivity contribution in [2.24, 2.45) is 0 Å². The van der Waals surface area contributed by atoms with Crippen LogP contribution < -0.4 is 5.73 Å². The van der Waals surface area contributed by atoms with Crippen molar-refractivity contribution in [3.05, 3.63) is 5.69 Å². The third-order valence-corrected chi connectivity index (χ3v) is 2.28. The monoisotopic (exact) mass is 240 g/mol. The second kappa shape index (κ2) is 6.22. The molecule has 0 saturated heterocycles. The summed E-state index contributed by atoms with van der Waals surface area (Å²) in [5, 5.41) is 7.62. The molecule has 0 spiro atoms. The smallest absolute Gasteiger partial charge is 0.363 e. The van der Waals surface area contributed by atoms with Crippen LogP contribution in [0.5, 0.6) is 0 Å². The lowest BCUT2D eigenvalue weighted by atomic mass is 10.2. The molecule has 96 valence electrons. The maximum atomic E-state index is 11.6. The van der Waals surface area contributed by atoms with Gasteiger partial charge in [0.2, 0.25) is 5.69 Å². The topological polar surface area (TPSA) is 83.0 Å². The van der Waals surface area contributed by atoms with Crippen LogP contribution in [0.2, 0.25) is 0 Å². The largest absolute Gasteiger partial charge is 0.458 e. The number of nitrogen functional groups attached to an aromatic ring is 1. The van der Waals surface area contributed by atoms with E-state index in [0.717, 1.165) is 19.3 Å². The first-order valence-electron chi connectivity index (χ1n) is 5.96. The summed E-state index contributed by atoms with van der Waals surface area (Å²) in [6, 6.07) is 0. The van der Waals surface area contributed by atoms with Gasteiger partial charge in [-0.15, -0.1) is 5.10 Å². The van der Waals surface area contributed by atoms with Crippen LogP contribution >= 0.6 is 0 Å². The molecule has 0 fully saturated rings. The van der Waals surface area contributed by atoms with Gasteiger partial charge in [-0.1, -0.05) is 25.0 Å². The number of anilines is 1. The van der Waals surface area contributed by atoms with Gasteiger partial charge in [-0.3, -0.25) is 0 Å². The first-order chi connectivity index (χ1) is 8.06. The molecule has 17 heavy (non-hydrogen) atoms. The minimum atomic E-state index is -0.515. The first kappa shape index (κ1) is 13.5. The van der Waals surface area contributed by atoms with Crippen molar-refractivity contribution >= 4 is 11.8 Å². The Morgan fingerprint density at radius 1 is 1.47 bits per heavy atom. The molecule has 6 heteroatoms. The number of carbonyl (C=O) groups is 1. The molecule has 6 nitrogen and oxygen atoms in total. The van der Waals surface area contributed by atoms with Gasteiger partial charge in [0.15, 0.2) is 5.82 Å². The van der Waals surface area contributed by atoms with Gasteiger partial charge in [-0.05, 0) is 20.3 Å². The fourth-order valence-electron chi connectivity index (χ4n) is 1.41. The molecule has 1 aromatic heterocycles. The van der Waals surface area contributed by atoms with Gasteiger partial charge < -0.3 is 10.5 Å². The number of esters is 1. The van der Waals surface area contributed by atoms with Gasteiger partial charge in [0.05, 0.1) is 6.10 Å². The SMILES string of the molecule is CCCCCn1nnc(C(=O)OC(C)C)c1N. The van der Waals surface area contributed by atoms with Gasteiger partial charge >= 0.3 is 5.97 Å². The number of hydrogen-bond donors (Lipinski definition) is 1. The molecule has 0 bridgehead atoms. The molecule has 0 atom stereocenters. The van der Waals surface area contributed by atoms with Crippen molar-refractivity contribution in [1.82, 2.24) is 15.0 Å². The number of unbranched alkanes of at least 4 members (excludes halogenated alkanes) is 2. The number of rotatable bonds is 6. The Labute approximate surface area is 101 Å². The third kappa shape index (κ3) is 3.72. The van der Waals surface area contributed by atoms with Gasteiger partial charge in [0.25, 0.3) is 0 Å². The summed E-state index contributed by atoms with van der Waals surface area (Å²) in [6.07, 6.45) is 3.01. The summed E-state index contributed by atoms with van der Waals surface area (Å²) in [7, 11) is 0. The van der Waals surface area contributed by atoms with Crippen molar-refractivity contribution in [3.8, 4) is 0 Å². The molecular weight excluding hydrogens is 220 g/mol. The Kier molecular flexibility index (Phi) is 4.93. The number of nitrogens with zero attached hydrogens (tertiary/aromatic N) is 3. The molecule has 0 unspecified atom stereocenters. The predicted octanol–water partition coefficient (Wildman–Crippen LogP) is 1.62. The van der Waals surface area contributed by atoms with E-state index in [1.165, 1.54) is 0 Å². The second-order valence-corrected chi connectivity index (χ2v) is 4.21. The van der Waals surface area contributed by atoms with Crippen LogP contribution in [0.4, 0.5) is 5.82 Å². The molecule has 0 amide bonds. The highest BCUT2D eigenvalue weighted by atomic mass is 16.5. The average molecular weight is 240 g/mol. The van der Waals surface area contributed by atoms with Crippen LogP contribution in [0.1, 0.15) is 50.5 Å².